The minimum Gasteiger partial charge on any atom is -0.379 e. The molecule has 0 radical (unpaired) electrons. The zero-order valence-electron chi connectivity index (χ0n) is 16.1. The van der Waals surface area contributed by atoms with Gasteiger partial charge < -0.3 is 15.4 Å². The lowest BCUT2D eigenvalue weighted by Crippen LogP contribution is -2.44. The fourth-order valence-electron chi connectivity index (χ4n) is 3.13. The van der Waals surface area contributed by atoms with Crippen LogP contribution in [0.3, 0.4) is 0 Å². The molecule has 2 amide bonds. The number of hydrogen-bond donors (Lipinski definition) is 2. The van der Waals surface area contributed by atoms with E-state index in [2.05, 4.69) is 15.5 Å². The van der Waals surface area contributed by atoms with Crippen molar-refractivity contribution < 1.29 is 14.3 Å². The Hall–Kier alpha value is -1.92. The zero-order valence-corrected chi connectivity index (χ0v) is 16.1. The Balaban J connectivity index is 1.76. The summed E-state index contributed by atoms with van der Waals surface area (Å²) in [6.45, 7) is 10.8. The summed E-state index contributed by atoms with van der Waals surface area (Å²) < 4.78 is 5.30. The van der Waals surface area contributed by atoms with Gasteiger partial charge in [0.1, 0.15) is 0 Å². The minimum absolute atomic E-state index is 0.0109. The second-order valence-electron chi connectivity index (χ2n) is 7.15. The van der Waals surface area contributed by atoms with Crippen molar-refractivity contribution >= 4 is 11.8 Å². The first-order valence-electron chi connectivity index (χ1n) is 9.38. The van der Waals surface area contributed by atoms with Crippen molar-refractivity contribution in [3.63, 3.8) is 0 Å². The van der Waals surface area contributed by atoms with Crippen molar-refractivity contribution in [1.82, 2.24) is 15.5 Å². The van der Waals surface area contributed by atoms with Gasteiger partial charge in [0.15, 0.2) is 0 Å². The van der Waals surface area contributed by atoms with Gasteiger partial charge in [-0.15, -0.1) is 0 Å². The molecule has 144 valence electrons. The summed E-state index contributed by atoms with van der Waals surface area (Å²) in [5.41, 5.74) is 2.15. The van der Waals surface area contributed by atoms with Gasteiger partial charge in [0.05, 0.1) is 25.7 Å². The highest BCUT2D eigenvalue weighted by molar-refractivity contribution is 5.88. The molecule has 26 heavy (non-hydrogen) atoms. The normalized spacial score (nSPS) is 16.3. The molecule has 0 bridgehead atoms. The first-order valence-corrected chi connectivity index (χ1v) is 9.38. The highest BCUT2D eigenvalue weighted by atomic mass is 16.5. The maximum atomic E-state index is 12.6. The van der Waals surface area contributed by atoms with Crippen LogP contribution in [0.25, 0.3) is 0 Å². The van der Waals surface area contributed by atoms with Crippen LogP contribution in [0.4, 0.5) is 0 Å². The van der Waals surface area contributed by atoms with Crippen molar-refractivity contribution in [2.24, 2.45) is 5.92 Å². The monoisotopic (exact) mass is 361 g/mol. The fraction of sp³-hybridized carbons (Fsp3) is 0.600. The van der Waals surface area contributed by atoms with E-state index in [1.54, 1.807) is 0 Å². The third-order valence-corrected chi connectivity index (χ3v) is 4.66. The van der Waals surface area contributed by atoms with E-state index in [0.717, 1.165) is 44.0 Å². The van der Waals surface area contributed by atoms with Gasteiger partial charge in [0, 0.05) is 26.2 Å². The van der Waals surface area contributed by atoms with Crippen molar-refractivity contribution in [1.29, 1.82) is 0 Å². The van der Waals surface area contributed by atoms with E-state index >= 15 is 0 Å². The van der Waals surface area contributed by atoms with E-state index in [1.807, 2.05) is 45.0 Å². The number of nitrogens with zero attached hydrogens (tertiary/aromatic N) is 1. The number of benzene rings is 1. The number of amides is 2. The number of carbonyl (C=O) groups is 2. The standard InChI is InChI=1S/C20H31N3O3/c1-15(2)19(17-6-4-16(3)5-7-17)20(25)22-14-18(24)21-8-9-23-10-12-26-13-11-23/h4-7,15,19H,8-14H2,1-3H3,(H,21,24)(H,22,25). The van der Waals surface area contributed by atoms with Crippen LogP contribution < -0.4 is 10.6 Å². The van der Waals surface area contributed by atoms with Crippen molar-refractivity contribution in [2.45, 2.75) is 26.7 Å². The molecule has 1 aliphatic rings. The highest BCUT2D eigenvalue weighted by Crippen LogP contribution is 2.24. The summed E-state index contributed by atoms with van der Waals surface area (Å²) in [6.07, 6.45) is 0. The fourth-order valence-corrected chi connectivity index (χ4v) is 3.13. The van der Waals surface area contributed by atoms with Crippen LogP contribution in [0.1, 0.15) is 30.9 Å². The first-order chi connectivity index (χ1) is 12.5. The lowest BCUT2D eigenvalue weighted by Gasteiger charge is -2.26. The minimum atomic E-state index is -0.253. The van der Waals surface area contributed by atoms with E-state index in [-0.39, 0.29) is 30.2 Å². The summed E-state index contributed by atoms with van der Waals surface area (Å²) in [5, 5.41) is 5.65. The van der Waals surface area contributed by atoms with E-state index in [1.165, 1.54) is 0 Å². The summed E-state index contributed by atoms with van der Waals surface area (Å²) >= 11 is 0. The van der Waals surface area contributed by atoms with Gasteiger partial charge in [-0.25, -0.2) is 0 Å². The quantitative estimate of drug-likeness (QED) is 0.732. The predicted octanol–water partition coefficient (Wildman–Crippen LogP) is 1.30. The van der Waals surface area contributed by atoms with Crippen LogP contribution in [0.2, 0.25) is 0 Å². The molecule has 6 nitrogen and oxygen atoms in total. The molecule has 1 heterocycles. The van der Waals surface area contributed by atoms with Gasteiger partial charge in [-0.3, -0.25) is 14.5 Å². The topological polar surface area (TPSA) is 70.7 Å². The van der Waals surface area contributed by atoms with Crippen molar-refractivity contribution in [2.75, 3.05) is 45.9 Å². The van der Waals surface area contributed by atoms with E-state index in [9.17, 15) is 9.59 Å². The second-order valence-corrected chi connectivity index (χ2v) is 7.15. The maximum Gasteiger partial charge on any atom is 0.239 e. The third kappa shape index (κ3) is 6.42. The largest absolute Gasteiger partial charge is 0.379 e. The molecule has 1 atom stereocenters. The highest BCUT2D eigenvalue weighted by Gasteiger charge is 2.24. The average Bonchev–Trinajstić information content (AvgIpc) is 2.62. The van der Waals surface area contributed by atoms with Crippen LogP contribution in [-0.4, -0.2) is 62.7 Å². The molecule has 0 aromatic heterocycles. The van der Waals surface area contributed by atoms with Crippen LogP contribution in [-0.2, 0) is 14.3 Å². The third-order valence-electron chi connectivity index (χ3n) is 4.66. The molecule has 1 unspecified atom stereocenters. The van der Waals surface area contributed by atoms with E-state index < -0.39 is 0 Å². The molecule has 0 saturated carbocycles. The summed E-state index contributed by atoms with van der Waals surface area (Å²) in [4.78, 5) is 26.8. The van der Waals surface area contributed by atoms with E-state index in [0.29, 0.717) is 6.54 Å². The number of rotatable bonds is 8. The molecule has 1 saturated heterocycles. The predicted molar refractivity (Wildman–Crippen MR) is 102 cm³/mol. The number of nitrogens with one attached hydrogen (secondary N) is 2. The molecule has 1 aromatic carbocycles. The Morgan fingerprint density at radius 2 is 1.77 bits per heavy atom. The summed E-state index contributed by atoms with van der Waals surface area (Å²) in [7, 11) is 0. The molecular formula is C20H31N3O3. The number of ether oxygens (including phenoxy) is 1. The Labute approximate surface area is 156 Å². The van der Waals surface area contributed by atoms with Gasteiger partial charge in [-0.1, -0.05) is 43.7 Å². The molecule has 2 N–H and O–H groups in total. The van der Waals surface area contributed by atoms with Gasteiger partial charge >= 0.3 is 0 Å². The number of morpholine rings is 1. The van der Waals surface area contributed by atoms with Gasteiger partial charge in [-0.05, 0) is 18.4 Å². The Morgan fingerprint density at radius 3 is 2.38 bits per heavy atom. The van der Waals surface area contributed by atoms with Crippen LogP contribution in [0.5, 0.6) is 0 Å². The molecule has 0 spiro atoms. The molecule has 1 fully saturated rings. The summed E-state index contributed by atoms with van der Waals surface area (Å²) in [6, 6.07) is 8.00. The number of hydrogen-bond acceptors (Lipinski definition) is 4. The number of carbonyl (C=O) groups excluding carboxylic acids is 2. The SMILES string of the molecule is Cc1ccc(C(C(=O)NCC(=O)NCCN2CCOCC2)C(C)C)cc1. The Bertz CT molecular complexity index is 580. The molecule has 2 rings (SSSR count). The van der Waals surface area contributed by atoms with Crippen molar-refractivity contribution in [3.8, 4) is 0 Å². The average molecular weight is 361 g/mol. The molecule has 1 aromatic rings. The van der Waals surface area contributed by atoms with Gasteiger partial charge in [0.2, 0.25) is 11.8 Å². The molecule has 6 heteroatoms. The number of aryl methyl sites for hydroxylation is 1. The maximum absolute atomic E-state index is 12.6. The lowest BCUT2D eigenvalue weighted by atomic mass is 9.87. The zero-order chi connectivity index (χ0) is 18.9. The van der Waals surface area contributed by atoms with Crippen LogP contribution in [0, 0.1) is 12.8 Å². The second kappa shape index (κ2) is 10.3. The van der Waals surface area contributed by atoms with Crippen molar-refractivity contribution in [3.05, 3.63) is 35.4 Å². The molecule has 0 aliphatic carbocycles. The smallest absolute Gasteiger partial charge is 0.239 e. The molecular weight excluding hydrogens is 330 g/mol. The van der Waals surface area contributed by atoms with Crippen LogP contribution >= 0.6 is 0 Å². The summed E-state index contributed by atoms with van der Waals surface area (Å²) in [5.74, 6) is -0.357. The van der Waals surface area contributed by atoms with Crippen LogP contribution in [0.15, 0.2) is 24.3 Å². The Morgan fingerprint density at radius 1 is 1.12 bits per heavy atom. The molecule has 1 aliphatic heterocycles. The Kier molecular flexibility index (Phi) is 8.06. The van der Waals surface area contributed by atoms with Gasteiger partial charge in [-0.2, -0.15) is 0 Å². The van der Waals surface area contributed by atoms with E-state index in [4.69, 9.17) is 4.74 Å². The lowest BCUT2D eigenvalue weighted by molar-refractivity contribution is -0.127. The first kappa shape index (κ1) is 20.4. The van der Waals surface area contributed by atoms with Gasteiger partial charge in [0.25, 0.3) is 0 Å².